The van der Waals surface area contributed by atoms with Gasteiger partial charge in [-0.1, -0.05) is 0 Å². The predicted octanol–water partition coefficient (Wildman–Crippen LogP) is 3.46. The van der Waals surface area contributed by atoms with Gasteiger partial charge in [0.2, 0.25) is 0 Å². The average Bonchev–Trinajstić information content (AvgIpc) is 2.96. The third-order valence-corrected chi connectivity index (χ3v) is 4.61. The molecule has 2 aromatic rings. The zero-order valence-electron chi connectivity index (χ0n) is 13.9. The van der Waals surface area contributed by atoms with Crippen LogP contribution in [-0.4, -0.2) is 31.7 Å². The number of alkyl halides is 3. The highest BCUT2D eigenvalue weighted by molar-refractivity contribution is 7.13. The van der Waals surface area contributed by atoms with E-state index in [1.54, 1.807) is 18.2 Å². The van der Waals surface area contributed by atoms with E-state index in [-0.39, 0.29) is 17.1 Å². The Hall–Kier alpha value is -2.29. The molecule has 0 aliphatic carbocycles. The van der Waals surface area contributed by atoms with Crippen molar-refractivity contribution >= 4 is 17.2 Å². The van der Waals surface area contributed by atoms with Crippen molar-refractivity contribution in [2.75, 3.05) is 20.8 Å². The van der Waals surface area contributed by atoms with E-state index < -0.39 is 17.1 Å². The van der Waals surface area contributed by atoms with E-state index in [9.17, 15) is 18.0 Å². The second-order valence-electron chi connectivity index (χ2n) is 5.11. The summed E-state index contributed by atoms with van der Waals surface area (Å²) in [4.78, 5) is 15.5. The number of amides is 1. The van der Waals surface area contributed by atoms with Crippen LogP contribution in [0.4, 0.5) is 13.2 Å². The van der Waals surface area contributed by atoms with Crippen LogP contribution in [0.25, 0.3) is 0 Å². The van der Waals surface area contributed by atoms with Gasteiger partial charge < -0.3 is 14.8 Å². The van der Waals surface area contributed by atoms with Crippen LogP contribution in [0.15, 0.2) is 18.2 Å². The summed E-state index contributed by atoms with van der Waals surface area (Å²) in [6.07, 6.45) is -4.11. The molecule has 1 amide bonds. The van der Waals surface area contributed by atoms with Gasteiger partial charge in [-0.2, -0.15) is 13.2 Å². The maximum Gasteiger partial charge on any atom is 0.443 e. The van der Waals surface area contributed by atoms with E-state index in [2.05, 4.69) is 10.3 Å². The van der Waals surface area contributed by atoms with Gasteiger partial charge in [0.15, 0.2) is 5.01 Å². The van der Waals surface area contributed by atoms with Crippen LogP contribution in [-0.2, 0) is 12.6 Å². The Balaban J connectivity index is 2.03. The molecule has 0 saturated heterocycles. The Labute approximate surface area is 146 Å². The predicted molar refractivity (Wildman–Crippen MR) is 87.4 cm³/mol. The molecule has 0 fully saturated rings. The van der Waals surface area contributed by atoms with Gasteiger partial charge in [0.1, 0.15) is 16.4 Å². The number of methoxy groups -OCH3 is 2. The summed E-state index contributed by atoms with van der Waals surface area (Å²) in [5.74, 6) is 0.714. The first-order valence-corrected chi connectivity index (χ1v) is 8.11. The summed E-state index contributed by atoms with van der Waals surface area (Å²) in [5, 5.41) is 1.59. The zero-order valence-corrected chi connectivity index (χ0v) is 14.7. The first-order chi connectivity index (χ1) is 11.8. The van der Waals surface area contributed by atoms with Gasteiger partial charge in [-0.25, -0.2) is 4.98 Å². The number of aromatic nitrogens is 1. The minimum atomic E-state index is -4.55. The van der Waals surface area contributed by atoms with Crippen molar-refractivity contribution in [3.63, 3.8) is 0 Å². The minimum absolute atomic E-state index is 0.0371. The van der Waals surface area contributed by atoms with Crippen LogP contribution in [0.5, 0.6) is 11.5 Å². The van der Waals surface area contributed by atoms with Gasteiger partial charge >= 0.3 is 6.18 Å². The lowest BCUT2D eigenvalue weighted by Gasteiger charge is -2.11. The molecule has 0 bridgehead atoms. The van der Waals surface area contributed by atoms with E-state index in [4.69, 9.17) is 9.47 Å². The Kier molecular flexibility index (Phi) is 5.89. The monoisotopic (exact) mass is 374 g/mol. The van der Waals surface area contributed by atoms with Crippen LogP contribution in [0.2, 0.25) is 0 Å². The molecular weight excluding hydrogens is 357 g/mol. The number of ether oxygens (including phenoxy) is 2. The number of thiazole rings is 1. The quantitative estimate of drug-likeness (QED) is 0.841. The van der Waals surface area contributed by atoms with E-state index in [1.807, 2.05) is 0 Å². The fourth-order valence-corrected chi connectivity index (χ4v) is 3.05. The molecule has 0 radical (unpaired) electrons. The van der Waals surface area contributed by atoms with Crippen LogP contribution in [0.1, 0.15) is 25.9 Å². The first-order valence-electron chi connectivity index (χ1n) is 7.30. The molecular formula is C16H17F3N2O3S. The normalized spacial score (nSPS) is 11.3. The summed E-state index contributed by atoms with van der Waals surface area (Å²) >= 11 is 0.342. The number of carbonyl (C=O) groups excluding carboxylic acids is 1. The molecule has 0 saturated carbocycles. The lowest BCUT2D eigenvalue weighted by atomic mass is 10.1. The highest BCUT2D eigenvalue weighted by Gasteiger charge is 2.36. The topological polar surface area (TPSA) is 60.5 Å². The number of carbonyl (C=O) groups is 1. The lowest BCUT2D eigenvalue weighted by Crippen LogP contribution is -2.25. The van der Waals surface area contributed by atoms with Crippen molar-refractivity contribution in [1.82, 2.24) is 10.3 Å². The molecule has 136 valence electrons. The summed E-state index contributed by atoms with van der Waals surface area (Å²) in [7, 11) is 3.07. The highest BCUT2D eigenvalue weighted by atomic mass is 32.1. The molecule has 0 aliphatic rings. The molecule has 1 aromatic heterocycles. The molecule has 0 aliphatic heterocycles. The molecule has 0 spiro atoms. The molecule has 1 N–H and O–H groups in total. The van der Waals surface area contributed by atoms with Crippen molar-refractivity contribution in [2.24, 2.45) is 0 Å². The van der Waals surface area contributed by atoms with E-state index >= 15 is 0 Å². The van der Waals surface area contributed by atoms with E-state index in [0.717, 1.165) is 5.56 Å². The van der Waals surface area contributed by atoms with Crippen LogP contribution < -0.4 is 14.8 Å². The number of nitrogens with one attached hydrogen (secondary N) is 1. The average molecular weight is 374 g/mol. The molecule has 5 nitrogen and oxygen atoms in total. The molecule has 1 heterocycles. The highest BCUT2D eigenvalue weighted by Crippen LogP contribution is 2.34. The van der Waals surface area contributed by atoms with Crippen molar-refractivity contribution in [3.05, 3.63) is 39.3 Å². The number of nitrogens with zero attached hydrogens (tertiary/aromatic N) is 1. The Morgan fingerprint density at radius 1 is 1.28 bits per heavy atom. The molecule has 2 rings (SSSR count). The van der Waals surface area contributed by atoms with Crippen LogP contribution in [0, 0.1) is 6.92 Å². The van der Waals surface area contributed by atoms with Crippen molar-refractivity contribution in [2.45, 2.75) is 19.5 Å². The Morgan fingerprint density at radius 2 is 2.00 bits per heavy atom. The maximum absolute atomic E-state index is 12.7. The summed E-state index contributed by atoms with van der Waals surface area (Å²) in [6.45, 7) is 1.62. The fourth-order valence-electron chi connectivity index (χ4n) is 2.20. The first kappa shape index (κ1) is 19.0. The van der Waals surface area contributed by atoms with Crippen molar-refractivity contribution in [3.8, 4) is 11.5 Å². The number of hydrogen-bond acceptors (Lipinski definition) is 5. The molecule has 0 unspecified atom stereocenters. The third-order valence-electron chi connectivity index (χ3n) is 3.41. The van der Waals surface area contributed by atoms with E-state index in [0.29, 0.717) is 29.3 Å². The summed E-state index contributed by atoms with van der Waals surface area (Å²) in [5.41, 5.74) is 0.882. The second kappa shape index (κ2) is 7.73. The molecule has 0 atom stereocenters. The van der Waals surface area contributed by atoms with E-state index in [1.165, 1.54) is 21.1 Å². The lowest BCUT2D eigenvalue weighted by molar-refractivity contribution is -0.137. The summed E-state index contributed by atoms with van der Waals surface area (Å²) in [6, 6.07) is 5.28. The largest absolute Gasteiger partial charge is 0.497 e. The summed E-state index contributed by atoms with van der Waals surface area (Å²) < 4.78 is 48.4. The SMILES string of the molecule is COc1ccc(OC)c(CCNC(=O)c2sc(C(F)(F)F)nc2C)c1. The van der Waals surface area contributed by atoms with Crippen molar-refractivity contribution in [1.29, 1.82) is 0 Å². The molecule has 25 heavy (non-hydrogen) atoms. The van der Waals surface area contributed by atoms with Crippen LogP contribution in [0.3, 0.4) is 0 Å². The number of benzene rings is 1. The molecule has 1 aromatic carbocycles. The number of rotatable bonds is 6. The Morgan fingerprint density at radius 3 is 2.56 bits per heavy atom. The Bertz CT molecular complexity index is 760. The van der Waals surface area contributed by atoms with Gasteiger partial charge in [-0.3, -0.25) is 4.79 Å². The second-order valence-corrected chi connectivity index (χ2v) is 6.11. The smallest absolute Gasteiger partial charge is 0.443 e. The molecule has 9 heteroatoms. The number of hydrogen-bond donors (Lipinski definition) is 1. The standard InChI is InChI=1S/C16H17F3N2O3S/c1-9-13(25-15(21-9)16(17,18)19)14(22)20-7-6-10-8-11(23-2)4-5-12(10)24-3/h4-5,8H,6-7H2,1-3H3,(H,20,22). The maximum atomic E-state index is 12.7. The third kappa shape index (κ3) is 4.62. The minimum Gasteiger partial charge on any atom is -0.497 e. The van der Waals surface area contributed by atoms with Crippen LogP contribution >= 0.6 is 11.3 Å². The van der Waals surface area contributed by atoms with Crippen molar-refractivity contribution < 1.29 is 27.4 Å². The number of aryl methyl sites for hydroxylation is 1. The fraction of sp³-hybridized carbons (Fsp3) is 0.375. The van der Waals surface area contributed by atoms with Gasteiger partial charge in [-0.05, 0) is 37.1 Å². The zero-order chi connectivity index (χ0) is 18.6. The van der Waals surface area contributed by atoms with Gasteiger partial charge in [0.05, 0.1) is 19.9 Å². The number of halogens is 3. The van der Waals surface area contributed by atoms with Gasteiger partial charge in [0, 0.05) is 6.54 Å². The van der Waals surface area contributed by atoms with Gasteiger partial charge in [-0.15, -0.1) is 11.3 Å². The van der Waals surface area contributed by atoms with Gasteiger partial charge in [0.25, 0.3) is 5.91 Å².